The molecule has 0 amide bonds. The number of hydrogen-bond donors (Lipinski definition) is 3. The molecule has 0 spiro atoms. The number of hydrogen-bond acceptors (Lipinski definition) is 3. The summed E-state index contributed by atoms with van der Waals surface area (Å²) in [6.07, 6.45) is 12.4. The van der Waals surface area contributed by atoms with Gasteiger partial charge in [-0.1, -0.05) is 51.3 Å². The highest BCUT2D eigenvalue weighted by atomic mass is 15.2. The second-order valence-electron chi connectivity index (χ2n) is 7.84. The first-order valence-corrected chi connectivity index (χ1v) is 10.0. The standard InChI is InChI=1S/C21H33N3.C2H5N/c1-6-7-16(4)8-9-17(5)22-21-14-20(23-24-21)19-11-10-18(13-19)12-15(2)3;1-2-3/h6-7,14-15,18-19H,4-5,8-13H2,1-3H3,(H2,22,23,24);2H,1,3H2/b7-6-;. The van der Waals surface area contributed by atoms with E-state index in [-0.39, 0.29) is 0 Å². The highest BCUT2D eigenvalue weighted by Crippen LogP contribution is 2.40. The first kappa shape index (κ1) is 22.8. The van der Waals surface area contributed by atoms with Crippen molar-refractivity contribution in [3.05, 3.63) is 61.1 Å². The smallest absolute Gasteiger partial charge is 0.152 e. The number of nitrogens with one attached hydrogen (secondary N) is 2. The topological polar surface area (TPSA) is 66.7 Å². The van der Waals surface area contributed by atoms with Crippen LogP contribution < -0.4 is 11.1 Å². The van der Waals surface area contributed by atoms with Gasteiger partial charge in [0.15, 0.2) is 5.82 Å². The highest BCUT2D eigenvalue weighted by molar-refractivity contribution is 5.42. The first-order chi connectivity index (χ1) is 12.9. The van der Waals surface area contributed by atoms with Crippen LogP contribution in [0.15, 0.2) is 55.4 Å². The fraction of sp³-hybridized carbons (Fsp3) is 0.522. The molecule has 27 heavy (non-hydrogen) atoms. The lowest BCUT2D eigenvalue weighted by Gasteiger charge is -2.12. The zero-order valence-corrected chi connectivity index (χ0v) is 17.4. The lowest BCUT2D eigenvalue weighted by atomic mass is 9.94. The van der Waals surface area contributed by atoms with Crippen molar-refractivity contribution in [1.29, 1.82) is 0 Å². The Kier molecular flexibility index (Phi) is 10.3. The van der Waals surface area contributed by atoms with Crippen molar-refractivity contribution in [3.8, 4) is 0 Å². The summed E-state index contributed by atoms with van der Waals surface area (Å²) in [5.74, 6) is 3.20. The van der Waals surface area contributed by atoms with Crippen molar-refractivity contribution in [2.75, 3.05) is 5.32 Å². The number of aromatic amines is 1. The third-order valence-corrected chi connectivity index (χ3v) is 4.84. The molecule has 1 heterocycles. The van der Waals surface area contributed by atoms with Crippen molar-refractivity contribution >= 4 is 5.82 Å². The summed E-state index contributed by atoms with van der Waals surface area (Å²) in [6, 6.07) is 2.16. The Morgan fingerprint density at radius 2 is 2.07 bits per heavy atom. The van der Waals surface area contributed by atoms with Crippen molar-refractivity contribution in [2.24, 2.45) is 17.6 Å². The molecular formula is C23H38N4. The molecule has 150 valence electrons. The van der Waals surface area contributed by atoms with E-state index in [0.717, 1.165) is 41.8 Å². The van der Waals surface area contributed by atoms with Crippen LogP contribution in [0.2, 0.25) is 0 Å². The summed E-state index contributed by atoms with van der Waals surface area (Å²) in [5, 5.41) is 11.0. The molecule has 0 aromatic carbocycles. The van der Waals surface area contributed by atoms with Crippen LogP contribution >= 0.6 is 0 Å². The summed E-state index contributed by atoms with van der Waals surface area (Å²) in [6.45, 7) is 17.9. The molecule has 2 unspecified atom stereocenters. The summed E-state index contributed by atoms with van der Waals surface area (Å²) < 4.78 is 0. The van der Waals surface area contributed by atoms with Gasteiger partial charge in [-0.15, -0.1) is 0 Å². The Labute approximate surface area is 165 Å². The van der Waals surface area contributed by atoms with Gasteiger partial charge in [-0.3, -0.25) is 5.10 Å². The average molecular weight is 371 g/mol. The lowest BCUT2D eigenvalue weighted by molar-refractivity contribution is 0.414. The highest BCUT2D eigenvalue weighted by Gasteiger charge is 2.27. The first-order valence-electron chi connectivity index (χ1n) is 10.0. The van der Waals surface area contributed by atoms with Crippen LogP contribution in [0.25, 0.3) is 0 Å². The van der Waals surface area contributed by atoms with Gasteiger partial charge < -0.3 is 11.1 Å². The molecular weight excluding hydrogens is 332 g/mol. The van der Waals surface area contributed by atoms with Crippen molar-refractivity contribution < 1.29 is 0 Å². The summed E-state index contributed by atoms with van der Waals surface area (Å²) in [5.41, 5.74) is 8.00. The number of allylic oxidation sites excluding steroid dienone is 4. The van der Waals surface area contributed by atoms with Gasteiger partial charge >= 0.3 is 0 Å². The zero-order valence-electron chi connectivity index (χ0n) is 17.4. The van der Waals surface area contributed by atoms with Crippen LogP contribution in [-0.2, 0) is 0 Å². The van der Waals surface area contributed by atoms with E-state index in [9.17, 15) is 0 Å². The van der Waals surface area contributed by atoms with Crippen LogP contribution in [0.4, 0.5) is 5.82 Å². The number of rotatable bonds is 9. The lowest BCUT2D eigenvalue weighted by Crippen LogP contribution is -2.00. The molecule has 1 fully saturated rings. The molecule has 1 aliphatic carbocycles. The van der Waals surface area contributed by atoms with E-state index in [1.165, 1.54) is 37.6 Å². The van der Waals surface area contributed by atoms with Crippen LogP contribution in [0.3, 0.4) is 0 Å². The van der Waals surface area contributed by atoms with Gasteiger partial charge in [-0.05, 0) is 63.5 Å². The minimum absolute atomic E-state index is 0.638. The molecule has 1 aromatic rings. The number of nitrogens with two attached hydrogens (primary N) is 1. The van der Waals surface area contributed by atoms with Gasteiger partial charge in [-0.25, -0.2) is 0 Å². The summed E-state index contributed by atoms with van der Waals surface area (Å²) in [7, 11) is 0. The van der Waals surface area contributed by atoms with E-state index in [1.54, 1.807) is 0 Å². The summed E-state index contributed by atoms with van der Waals surface area (Å²) >= 11 is 0. The molecule has 0 saturated heterocycles. The number of nitrogens with zero attached hydrogens (tertiary/aromatic N) is 1. The predicted octanol–water partition coefficient (Wildman–Crippen LogP) is 6.27. The second kappa shape index (κ2) is 12.2. The number of H-pyrrole nitrogens is 1. The number of aromatic nitrogens is 2. The summed E-state index contributed by atoms with van der Waals surface area (Å²) in [4.78, 5) is 0. The SMILES string of the molecule is C=C(/C=C\C)CCC(=C)Nc1cc(C2CCC(CC(C)C)C2)[nH]n1.C=CN. The van der Waals surface area contributed by atoms with Gasteiger partial charge in [0.1, 0.15) is 0 Å². The van der Waals surface area contributed by atoms with Crippen molar-refractivity contribution in [3.63, 3.8) is 0 Å². The Hall–Kier alpha value is -2.23. The molecule has 1 saturated carbocycles. The minimum atomic E-state index is 0.638. The fourth-order valence-corrected chi connectivity index (χ4v) is 3.72. The second-order valence-corrected chi connectivity index (χ2v) is 7.84. The normalized spacial score (nSPS) is 19.0. The molecule has 4 nitrogen and oxygen atoms in total. The zero-order chi connectivity index (χ0) is 20.2. The van der Waals surface area contributed by atoms with E-state index in [1.807, 2.05) is 19.1 Å². The van der Waals surface area contributed by atoms with E-state index in [4.69, 9.17) is 0 Å². The van der Waals surface area contributed by atoms with Crippen LogP contribution in [0.1, 0.15) is 70.9 Å². The Bertz CT molecular complexity index is 624. The molecule has 4 N–H and O–H groups in total. The van der Waals surface area contributed by atoms with E-state index in [0.29, 0.717) is 5.92 Å². The van der Waals surface area contributed by atoms with Crippen molar-refractivity contribution in [1.82, 2.24) is 10.2 Å². The molecule has 1 aliphatic rings. The minimum Gasteiger partial charge on any atom is -0.405 e. The molecule has 2 atom stereocenters. The van der Waals surface area contributed by atoms with Gasteiger partial charge in [0.25, 0.3) is 0 Å². The van der Waals surface area contributed by atoms with Crippen LogP contribution in [0.5, 0.6) is 0 Å². The Morgan fingerprint density at radius 3 is 2.70 bits per heavy atom. The molecule has 0 radical (unpaired) electrons. The van der Waals surface area contributed by atoms with Gasteiger partial charge in [-0.2, -0.15) is 5.10 Å². The maximum atomic E-state index is 4.61. The quantitative estimate of drug-likeness (QED) is 0.449. The monoisotopic (exact) mass is 370 g/mol. The molecule has 4 heteroatoms. The molecule has 2 rings (SSSR count). The van der Waals surface area contributed by atoms with E-state index in [2.05, 4.69) is 60.9 Å². The van der Waals surface area contributed by atoms with Gasteiger partial charge in [0.2, 0.25) is 0 Å². The predicted molar refractivity (Wildman–Crippen MR) is 118 cm³/mol. The largest absolute Gasteiger partial charge is 0.405 e. The van der Waals surface area contributed by atoms with Crippen molar-refractivity contribution in [2.45, 2.75) is 65.2 Å². The third-order valence-electron chi connectivity index (χ3n) is 4.84. The van der Waals surface area contributed by atoms with Gasteiger partial charge in [0.05, 0.1) is 0 Å². The van der Waals surface area contributed by atoms with Crippen LogP contribution in [-0.4, -0.2) is 10.2 Å². The van der Waals surface area contributed by atoms with Gasteiger partial charge in [0, 0.05) is 23.4 Å². The molecule has 0 bridgehead atoms. The molecule has 0 aliphatic heterocycles. The number of anilines is 1. The average Bonchev–Trinajstić information content (AvgIpc) is 3.23. The van der Waals surface area contributed by atoms with E-state index >= 15 is 0 Å². The maximum Gasteiger partial charge on any atom is 0.152 e. The maximum absolute atomic E-state index is 4.61. The molecule has 1 aromatic heterocycles. The Morgan fingerprint density at radius 1 is 1.37 bits per heavy atom. The Balaban J connectivity index is 0.00000114. The third kappa shape index (κ3) is 8.80. The van der Waals surface area contributed by atoms with Crippen LogP contribution in [0, 0.1) is 11.8 Å². The van der Waals surface area contributed by atoms with E-state index < -0.39 is 0 Å². The fourth-order valence-electron chi connectivity index (χ4n) is 3.72.